The summed E-state index contributed by atoms with van der Waals surface area (Å²) in [5, 5.41) is 14.9. The van der Waals surface area contributed by atoms with Crippen LogP contribution in [0.1, 0.15) is 34.5 Å². The quantitative estimate of drug-likeness (QED) is 0.352. The third-order valence-corrected chi connectivity index (χ3v) is 5.91. The van der Waals surface area contributed by atoms with Crippen molar-refractivity contribution in [1.82, 2.24) is 19.9 Å². The first kappa shape index (κ1) is 22.2. The molecule has 0 saturated carbocycles. The maximum Gasteiger partial charge on any atom is 0.313 e. The Labute approximate surface area is 194 Å². The van der Waals surface area contributed by atoms with E-state index in [4.69, 9.17) is 5.73 Å². The Kier molecular flexibility index (Phi) is 6.80. The number of thiazole rings is 1. The third-order valence-electron chi connectivity index (χ3n) is 5.19. The van der Waals surface area contributed by atoms with Crippen LogP contribution in [0, 0.1) is 0 Å². The van der Waals surface area contributed by atoms with Crippen molar-refractivity contribution >= 4 is 28.3 Å². The molecule has 0 fully saturated rings. The molecule has 0 saturated heterocycles. The Hall–Kier alpha value is -3.98. The van der Waals surface area contributed by atoms with E-state index in [-0.39, 0.29) is 24.9 Å². The average Bonchev–Trinajstić information content (AvgIpc) is 3.45. The van der Waals surface area contributed by atoms with E-state index in [1.807, 2.05) is 60.7 Å². The number of nitrogens with one attached hydrogen (secondary N) is 1. The number of aromatic nitrogens is 3. The smallest absolute Gasteiger partial charge is 0.313 e. The van der Waals surface area contributed by atoms with Crippen LogP contribution in [0.5, 0.6) is 0 Å². The summed E-state index contributed by atoms with van der Waals surface area (Å²) in [5.41, 5.74) is 8.55. The van der Waals surface area contributed by atoms with Crippen LogP contribution >= 0.6 is 11.3 Å². The minimum atomic E-state index is -1.01. The van der Waals surface area contributed by atoms with Crippen LogP contribution in [0.25, 0.3) is 0 Å². The molecule has 0 aliphatic rings. The van der Waals surface area contributed by atoms with Crippen LogP contribution in [0.3, 0.4) is 0 Å². The van der Waals surface area contributed by atoms with Crippen LogP contribution in [0.4, 0.5) is 5.13 Å². The minimum Gasteiger partial charge on any atom is -0.481 e. The van der Waals surface area contributed by atoms with E-state index in [0.29, 0.717) is 16.5 Å². The number of carboxylic acid groups (broad SMARTS) is 1. The van der Waals surface area contributed by atoms with Gasteiger partial charge in [-0.25, -0.2) is 9.97 Å². The molecule has 0 aliphatic carbocycles. The molecule has 2 heterocycles. The Morgan fingerprint density at radius 3 is 2.24 bits per heavy atom. The minimum absolute atomic E-state index is 0.0131. The van der Waals surface area contributed by atoms with Crippen molar-refractivity contribution < 1.29 is 14.7 Å². The van der Waals surface area contributed by atoms with Crippen LogP contribution < -0.4 is 11.1 Å². The number of benzene rings is 2. The number of anilines is 1. The molecule has 0 radical (unpaired) electrons. The number of carbonyl (C=O) groups excluding carboxylic acids is 1. The van der Waals surface area contributed by atoms with Crippen molar-refractivity contribution in [3.8, 4) is 0 Å². The normalized spacial score (nSPS) is 11.9. The zero-order valence-electron chi connectivity index (χ0n) is 17.7. The SMILES string of the molecule is Nc1nc(CC(C(=O)O)c2cn(CC(=O)NC(c3ccccc3)c3ccccc3)cn2)cs1. The number of hydrogen-bond acceptors (Lipinski definition) is 6. The highest BCUT2D eigenvalue weighted by Gasteiger charge is 2.24. The van der Waals surface area contributed by atoms with Crippen LogP contribution in [0.15, 0.2) is 78.6 Å². The molecule has 8 nitrogen and oxygen atoms in total. The van der Waals surface area contributed by atoms with Crippen molar-refractivity contribution in [3.63, 3.8) is 0 Å². The average molecular weight is 462 g/mol. The largest absolute Gasteiger partial charge is 0.481 e. The molecule has 1 amide bonds. The highest BCUT2D eigenvalue weighted by molar-refractivity contribution is 7.13. The summed E-state index contributed by atoms with van der Waals surface area (Å²) >= 11 is 1.26. The van der Waals surface area contributed by atoms with Gasteiger partial charge in [-0.3, -0.25) is 9.59 Å². The molecule has 1 atom stereocenters. The van der Waals surface area contributed by atoms with Gasteiger partial charge in [0.25, 0.3) is 0 Å². The second-order valence-corrected chi connectivity index (χ2v) is 8.45. The highest BCUT2D eigenvalue weighted by Crippen LogP contribution is 2.23. The summed E-state index contributed by atoms with van der Waals surface area (Å²) in [7, 11) is 0. The van der Waals surface area contributed by atoms with Gasteiger partial charge >= 0.3 is 5.97 Å². The fourth-order valence-corrected chi connectivity index (χ4v) is 4.19. The van der Waals surface area contributed by atoms with Gasteiger partial charge in [0.05, 0.1) is 23.8 Å². The van der Waals surface area contributed by atoms with E-state index in [9.17, 15) is 14.7 Å². The van der Waals surface area contributed by atoms with E-state index < -0.39 is 11.9 Å². The van der Waals surface area contributed by atoms with Crippen LogP contribution in [-0.2, 0) is 22.6 Å². The maximum absolute atomic E-state index is 12.9. The highest BCUT2D eigenvalue weighted by atomic mass is 32.1. The lowest BCUT2D eigenvalue weighted by Crippen LogP contribution is -2.32. The zero-order chi connectivity index (χ0) is 23.2. The van der Waals surface area contributed by atoms with Gasteiger partial charge in [0.1, 0.15) is 12.5 Å². The first-order chi connectivity index (χ1) is 16.0. The summed E-state index contributed by atoms with van der Waals surface area (Å²) in [6.07, 6.45) is 3.24. The van der Waals surface area contributed by atoms with E-state index in [1.165, 1.54) is 17.7 Å². The number of carboxylic acids is 1. The first-order valence-electron chi connectivity index (χ1n) is 10.3. The molecule has 2 aromatic carbocycles. The van der Waals surface area contributed by atoms with Crippen molar-refractivity contribution in [3.05, 3.63) is 101 Å². The van der Waals surface area contributed by atoms with Gasteiger partial charge in [-0.15, -0.1) is 11.3 Å². The van der Waals surface area contributed by atoms with Crippen molar-refractivity contribution in [2.75, 3.05) is 5.73 Å². The van der Waals surface area contributed by atoms with E-state index in [0.717, 1.165) is 11.1 Å². The molecule has 168 valence electrons. The molecule has 0 spiro atoms. The molecule has 0 bridgehead atoms. The Morgan fingerprint density at radius 2 is 1.70 bits per heavy atom. The standard InChI is InChI=1S/C24H23N5O3S/c25-24-27-18(14-33-24)11-19(23(31)32)20-12-29(15-26-20)13-21(30)28-22(16-7-3-1-4-8-16)17-9-5-2-6-10-17/h1-10,12,14-15,19,22H,11,13H2,(H2,25,27)(H,28,30)(H,31,32). The van der Waals surface area contributed by atoms with Gasteiger partial charge in [-0.2, -0.15) is 0 Å². The molecule has 9 heteroatoms. The first-order valence-corrected chi connectivity index (χ1v) is 11.2. The van der Waals surface area contributed by atoms with Crippen LogP contribution in [0.2, 0.25) is 0 Å². The number of rotatable bonds is 9. The summed E-state index contributed by atoms with van der Waals surface area (Å²) in [4.78, 5) is 33.1. The topological polar surface area (TPSA) is 123 Å². The summed E-state index contributed by atoms with van der Waals surface area (Å²) in [5.74, 6) is -2.10. The fraction of sp³-hybridized carbons (Fsp3) is 0.167. The number of nitrogens with zero attached hydrogens (tertiary/aromatic N) is 3. The molecule has 1 unspecified atom stereocenters. The van der Waals surface area contributed by atoms with Gasteiger partial charge < -0.3 is 20.7 Å². The number of nitrogens with two attached hydrogens (primary N) is 1. The number of nitrogen functional groups attached to an aromatic ring is 1. The van der Waals surface area contributed by atoms with Gasteiger partial charge in [0.2, 0.25) is 5.91 Å². The van der Waals surface area contributed by atoms with E-state index in [1.54, 1.807) is 16.1 Å². The zero-order valence-corrected chi connectivity index (χ0v) is 18.5. The maximum atomic E-state index is 12.9. The second-order valence-electron chi connectivity index (χ2n) is 7.56. The lowest BCUT2D eigenvalue weighted by Gasteiger charge is -2.20. The molecule has 33 heavy (non-hydrogen) atoms. The lowest BCUT2D eigenvalue weighted by molar-refractivity contribution is -0.138. The Balaban J connectivity index is 1.47. The number of imidazole rings is 1. The molecule has 4 N–H and O–H groups in total. The molecule has 0 aliphatic heterocycles. The van der Waals surface area contributed by atoms with Crippen molar-refractivity contribution in [2.24, 2.45) is 0 Å². The van der Waals surface area contributed by atoms with E-state index >= 15 is 0 Å². The predicted octanol–water partition coefficient (Wildman–Crippen LogP) is 3.24. The summed E-state index contributed by atoms with van der Waals surface area (Å²) < 4.78 is 1.59. The fourth-order valence-electron chi connectivity index (χ4n) is 3.61. The number of aliphatic carboxylic acids is 1. The van der Waals surface area contributed by atoms with E-state index in [2.05, 4.69) is 15.3 Å². The van der Waals surface area contributed by atoms with Gasteiger partial charge in [-0.05, 0) is 11.1 Å². The number of amides is 1. The molecule has 4 rings (SSSR count). The number of carbonyl (C=O) groups is 2. The monoisotopic (exact) mass is 461 g/mol. The van der Waals surface area contributed by atoms with Crippen LogP contribution in [-0.4, -0.2) is 31.5 Å². The summed E-state index contributed by atoms with van der Waals surface area (Å²) in [6.45, 7) is 0.0131. The Morgan fingerprint density at radius 1 is 1.06 bits per heavy atom. The molecule has 4 aromatic rings. The van der Waals surface area contributed by atoms with Gasteiger partial charge in [-0.1, -0.05) is 60.7 Å². The molecular formula is C24H23N5O3S. The second kappa shape index (κ2) is 10.1. The van der Waals surface area contributed by atoms with Crippen molar-refractivity contribution in [1.29, 1.82) is 0 Å². The number of hydrogen-bond donors (Lipinski definition) is 3. The predicted molar refractivity (Wildman–Crippen MR) is 126 cm³/mol. The molecule has 2 aromatic heterocycles. The van der Waals surface area contributed by atoms with Crippen molar-refractivity contribution in [2.45, 2.75) is 24.9 Å². The Bertz CT molecular complexity index is 1180. The summed E-state index contributed by atoms with van der Waals surface area (Å²) in [6, 6.07) is 19.2. The molecular weight excluding hydrogens is 438 g/mol. The lowest BCUT2D eigenvalue weighted by atomic mass is 9.99. The third kappa shape index (κ3) is 5.64. The van der Waals surface area contributed by atoms with Gasteiger partial charge in [0, 0.05) is 18.0 Å². The van der Waals surface area contributed by atoms with Gasteiger partial charge in [0.15, 0.2) is 5.13 Å².